The minimum absolute atomic E-state index is 0.714. The second-order valence-electron chi connectivity index (χ2n) is 8.24. The summed E-state index contributed by atoms with van der Waals surface area (Å²) in [4.78, 5) is 5.06. The number of hydrogen-bond donors (Lipinski definition) is 0. The highest BCUT2D eigenvalue weighted by Gasteiger charge is 2.20. The Hall–Kier alpha value is -2.31. The Kier molecular flexibility index (Phi) is 6.19. The van der Waals surface area contributed by atoms with Gasteiger partial charge in [-0.3, -0.25) is 4.90 Å². The van der Waals surface area contributed by atoms with Crippen molar-refractivity contribution in [2.24, 2.45) is 5.92 Å². The first-order valence-electron chi connectivity index (χ1n) is 10.0. The van der Waals surface area contributed by atoms with Crippen molar-refractivity contribution in [3.63, 3.8) is 0 Å². The van der Waals surface area contributed by atoms with Gasteiger partial charge in [-0.25, -0.2) is 0 Å². The van der Waals surface area contributed by atoms with E-state index < -0.39 is 0 Å². The topological polar surface area (TPSA) is 30.3 Å². The van der Waals surface area contributed by atoms with Gasteiger partial charge in [0.2, 0.25) is 0 Å². The Morgan fingerprint density at radius 2 is 1.70 bits per heavy atom. The van der Waals surface area contributed by atoms with Crippen LogP contribution in [-0.4, -0.2) is 37.6 Å². The minimum Gasteiger partial charge on any atom is -0.369 e. The lowest BCUT2D eigenvalue weighted by Crippen LogP contribution is -2.47. The minimum atomic E-state index is 0.714. The third kappa shape index (κ3) is 4.90. The van der Waals surface area contributed by atoms with Crippen molar-refractivity contribution < 1.29 is 0 Å². The van der Waals surface area contributed by atoms with Gasteiger partial charge >= 0.3 is 0 Å². The summed E-state index contributed by atoms with van der Waals surface area (Å²) in [5.41, 5.74) is 7.26. The number of nitrogens with zero attached hydrogens (tertiary/aromatic N) is 3. The SMILES string of the molecule is Cc1ccc(Cc2cc(C#N)ccc2N2CCN(CC(C)C)CC2)c(C)c1. The zero-order valence-corrected chi connectivity index (χ0v) is 17.1. The summed E-state index contributed by atoms with van der Waals surface area (Å²) in [5, 5.41) is 9.37. The highest BCUT2D eigenvalue weighted by Crippen LogP contribution is 2.27. The third-order valence-corrected chi connectivity index (χ3v) is 5.42. The van der Waals surface area contributed by atoms with Gasteiger partial charge in [-0.15, -0.1) is 0 Å². The standard InChI is InChI=1S/C24H31N3/c1-18(2)17-26-9-11-27(12-10-26)24-8-6-21(16-25)14-23(24)15-22-7-5-19(3)13-20(22)4/h5-8,13-14,18H,9-12,15,17H2,1-4H3. The van der Waals surface area contributed by atoms with Crippen LogP contribution in [0.2, 0.25) is 0 Å². The maximum Gasteiger partial charge on any atom is 0.0991 e. The number of hydrogen-bond acceptors (Lipinski definition) is 3. The zero-order chi connectivity index (χ0) is 19.4. The molecule has 3 heteroatoms. The van der Waals surface area contributed by atoms with Crippen molar-refractivity contribution in [1.82, 2.24) is 4.90 Å². The maximum absolute atomic E-state index is 9.37. The molecule has 142 valence electrons. The van der Waals surface area contributed by atoms with Crippen molar-refractivity contribution in [2.45, 2.75) is 34.1 Å². The highest BCUT2D eigenvalue weighted by molar-refractivity contribution is 5.59. The molecule has 27 heavy (non-hydrogen) atoms. The van der Waals surface area contributed by atoms with E-state index in [0.717, 1.165) is 38.2 Å². The van der Waals surface area contributed by atoms with Crippen LogP contribution in [0.5, 0.6) is 0 Å². The van der Waals surface area contributed by atoms with Crippen molar-refractivity contribution in [3.8, 4) is 6.07 Å². The molecule has 3 rings (SSSR count). The number of nitriles is 1. The molecule has 1 fully saturated rings. The van der Waals surface area contributed by atoms with Crippen LogP contribution in [0.25, 0.3) is 0 Å². The lowest BCUT2D eigenvalue weighted by atomic mass is 9.96. The summed E-state index contributed by atoms with van der Waals surface area (Å²) in [5.74, 6) is 0.714. The highest BCUT2D eigenvalue weighted by atomic mass is 15.3. The van der Waals surface area contributed by atoms with Crippen molar-refractivity contribution in [1.29, 1.82) is 5.26 Å². The molecule has 0 N–H and O–H groups in total. The van der Waals surface area contributed by atoms with Crippen LogP contribution in [0, 0.1) is 31.1 Å². The summed E-state index contributed by atoms with van der Waals surface area (Å²) in [6.45, 7) is 14.4. The van der Waals surface area contributed by atoms with Gasteiger partial charge in [-0.05, 0) is 61.1 Å². The fourth-order valence-corrected chi connectivity index (χ4v) is 4.04. The van der Waals surface area contributed by atoms with E-state index in [0.29, 0.717) is 5.92 Å². The van der Waals surface area contributed by atoms with E-state index in [1.807, 2.05) is 6.07 Å². The summed E-state index contributed by atoms with van der Waals surface area (Å²) >= 11 is 0. The van der Waals surface area contributed by atoms with E-state index in [1.54, 1.807) is 0 Å². The van der Waals surface area contributed by atoms with Crippen LogP contribution in [0.15, 0.2) is 36.4 Å². The average molecular weight is 362 g/mol. The van der Waals surface area contributed by atoms with E-state index >= 15 is 0 Å². The average Bonchev–Trinajstić information content (AvgIpc) is 2.64. The van der Waals surface area contributed by atoms with Crippen molar-refractivity contribution in [3.05, 3.63) is 64.2 Å². The largest absolute Gasteiger partial charge is 0.369 e. The molecule has 0 amide bonds. The maximum atomic E-state index is 9.37. The van der Waals surface area contributed by atoms with Crippen molar-refractivity contribution in [2.75, 3.05) is 37.6 Å². The molecule has 0 saturated carbocycles. The molecular formula is C24H31N3. The molecular weight excluding hydrogens is 330 g/mol. The fraction of sp³-hybridized carbons (Fsp3) is 0.458. The Morgan fingerprint density at radius 1 is 0.963 bits per heavy atom. The van der Waals surface area contributed by atoms with Crippen LogP contribution in [0.3, 0.4) is 0 Å². The zero-order valence-electron chi connectivity index (χ0n) is 17.1. The number of aryl methyl sites for hydroxylation is 2. The van der Waals surface area contributed by atoms with Gasteiger partial charge in [0.15, 0.2) is 0 Å². The fourth-order valence-electron chi connectivity index (χ4n) is 4.04. The van der Waals surface area contributed by atoms with E-state index in [9.17, 15) is 5.26 Å². The third-order valence-electron chi connectivity index (χ3n) is 5.42. The van der Waals surface area contributed by atoms with E-state index in [2.05, 4.69) is 73.9 Å². The number of benzene rings is 2. The number of rotatable bonds is 5. The molecule has 1 heterocycles. The molecule has 3 nitrogen and oxygen atoms in total. The molecule has 1 saturated heterocycles. The molecule has 0 aliphatic carbocycles. The molecule has 0 unspecified atom stereocenters. The molecule has 0 atom stereocenters. The summed E-state index contributed by atoms with van der Waals surface area (Å²) in [7, 11) is 0. The molecule has 2 aromatic carbocycles. The second-order valence-corrected chi connectivity index (χ2v) is 8.24. The van der Waals surface area contributed by atoms with Gasteiger partial charge in [0, 0.05) is 38.4 Å². The summed E-state index contributed by atoms with van der Waals surface area (Å²) in [6, 6.07) is 15.2. The quantitative estimate of drug-likeness (QED) is 0.783. The first-order valence-corrected chi connectivity index (χ1v) is 10.0. The Balaban J connectivity index is 1.83. The van der Waals surface area contributed by atoms with Gasteiger partial charge in [0.25, 0.3) is 0 Å². The van der Waals surface area contributed by atoms with Gasteiger partial charge < -0.3 is 4.90 Å². The molecule has 0 radical (unpaired) electrons. The monoisotopic (exact) mass is 361 g/mol. The van der Waals surface area contributed by atoms with Gasteiger partial charge in [0.1, 0.15) is 0 Å². The van der Waals surface area contributed by atoms with E-state index in [1.165, 1.54) is 34.5 Å². The van der Waals surface area contributed by atoms with Crippen LogP contribution in [0.1, 0.15) is 41.7 Å². The summed E-state index contributed by atoms with van der Waals surface area (Å²) in [6.07, 6.45) is 0.878. The van der Waals surface area contributed by atoms with Crippen LogP contribution < -0.4 is 4.90 Å². The van der Waals surface area contributed by atoms with Gasteiger partial charge in [-0.1, -0.05) is 37.6 Å². The Labute approximate surface area is 164 Å². The number of anilines is 1. The predicted octanol–water partition coefficient (Wildman–Crippen LogP) is 4.54. The predicted molar refractivity (Wildman–Crippen MR) is 113 cm³/mol. The lowest BCUT2D eigenvalue weighted by molar-refractivity contribution is 0.231. The Morgan fingerprint density at radius 3 is 2.33 bits per heavy atom. The number of piperazine rings is 1. The van der Waals surface area contributed by atoms with Crippen LogP contribution >= 0.6 is 0 Å². The second kappa shape index (κ2) is 8.59. The van der Waals surface area contributed by atoms with Crippen LogP contribution in [0.4, 0.5) is 5.69 Å². The smallest absolute Gasteiger partial charge is 0.0991 e. The Bertz CT molecular complexity index is 824. The molecule has 0 aromatic heterocycles. The van der Waals surface area contributed by atoms with E-state index in [-0.39, 0.29) is 0 Å². The van der Waals surface area contributed by atoms with Crippen molar-refractivity contribution >= 4 is 5.69 Å². The lowest BCUT2D eigenvalue weighted by Gasteiger charge is -2.37. The molecule has 2 aromatic rings. The molecule has 0 spiro atoms. The summed E-state index contributed by atoms with van der Waals surface area (Å²) < 4.78 is 0. The van der Waals surface area contributed by atoms with Crippen LogP contribution in [-0.2, 0) is 6.42 Å². The molecule has 0 bridgehead atoms. The first kappa shape index (κ1) is 19.5. The normalized spacial score (nSPS) is 15.2. The van der Waals surface area contributed by atoms with Gasteiger partial charge in [0.05, 0.1) is 11.6 Å². The first-order chi connectivity index (χ1) is 13.0. The van der Waals surface area contributed by atoms with Gasteiger partial charge in [-0.2, -0.15) is 5.26 Å². The molecule has 1 aliphatic heterocycles. The van der Waals surface area contributed by atoms with E-state index in [4.69, 9.17) is 0 Å². The molecule has 1 aliphatic rings.